The van der Waals surface area contributed by atoms with Crippen LogP contribution < -0.4 is 10.6 Å². The van der Waals surface area contributed by atoms with Crippen molar-refractivity contribution in [3.63, 3.8) is 0 Å². The number of nitrogens with one attached hydrogen (secondary N) is 2. The van der Waals surface area contributed by atoms with Crippen molar-refractivity contribution >= 4 is 41.3 Å². The molecule has 0 amide bonds. The van der Waals surface area contributed by atoms with Gasteiger partial charge in [-0.1, -0.05) is 13.0 Å². The van der Waals surface area contributed by atoms with Gasteiger partial charge in [-0.05, 0) is 48.4 Å². The van der Waals surface area contributed by atoms with Crippen LogP contribution in [-0.2, 0) is 6.42 Å². The van der Waals surface area contributed by atoms with Crippen LogP contribution in [0.5, 0.6) is 0 Å². The quantitative estimate of drug-likeness (QED) is 0.312. The van der Waals surface area contributed by atoms with Crippen LogP contribution in [-0.4, -0.2) is 35.7 Å². The molecule has 0 saturated carbocycles. The van der Waals surface area contributed by atoms with Gasteiger partial charge in [0.15, 0.2) is 5.96 Å². The maximum atomic E-state index is 10.2. The van der Waals surface area contributed by atoms with Gasteiger partial charge in [-0.15, -0.1) is 35.3 Å². The maximum Gasteiger partial charge on any atom is 0.191 e. The fourth-order valence-electron chi connectivity index (χ4n) is 2.32. The Morgan fingerprint density at radius 2 is 2.04 bits per heavy atom. The van der Waals surface area contributed by atoms with Gasteiger partial charge in [-0.25, -0.2) is 0 Å². The van der Waals surface area contributed by atoms with Crippen molar-refractivity contribution in [2.45, 2.75) is 26.4 Å². The first-order chi connectivity index (χ1) is 11.7. The van der Waals surface area contributed by atoms with Gasteiger partial charge < -0.3 is 15.7 Å². The van der Waals surface area contributed by atoms with E-state index in [1.54, 1.807) is 23.7 Å². The molecule has 2 heterocycles. The minimum absolute atomic E-state index is 0. The van der Waals surface area contributed by atoms with Crippen molar-refractivity contribution in [3.8, 4) is 0 Å². The highest BCUT2D eigenvalue weighted by molar-refractivity contribution is 14.0. The number of pyridine rings is 1. The van der Waals surface area contributed by atoms with Crippen LogP contribution in [0.1, 0.15) is 30.4 Å². The number of nitrogens with zero attached hydrogens (tertiary/aromatic N) is 2. The number of halogens is 1. The molecule has 2 aromatic heterocycles. The Kier molecular flexibility index (Phi) is 10.7. The summed E-state index contributed by atoms with van der Waals surface area (Å²) in [6.45, 7) is 6.19. The maximum absolute atomic E-state index is 10.2. The molecule has 0 radical (unpaired) electrons. The number of aliphatic hydroxyl groups excluding tert-OH is 1. The molecule has 25 heavy (non-hydrogen) atoms. The van der Waals surface area contributed by atoms with E-state index >= 15 is 0 Å². The lowest BCUT2D eigenvalue weighted by molar-refractivity contribution is 0.180. The van der Waals surface area contributed by atoms with Crippen LogP contribution in [0.15, 0.2) is 47.0 Å². The van der Waals surface area contributed by atoms with E-state index in [0.29, 0.717) is 12.5 Å². The fourth-order valence-corrected chi connectivity index (χ4v) is 3.19. The SMILES string of the molecule is CCNC(=NCC(C)Cc1cccs1)NCC(O)c1ccncc1.I. The van der Waals surface area contributed by atoms with E-state index in [1.165, 1.54) is 4.88 Å². The third kappa shape index (κ3) is 8.15. The van der Waals surface area contributed by atoms with Crippen LogP contribution in [0.2, 0.25) is 0 Å². The number of hydrogen-bond donors (Lipinski definition) is 3. The summed E-state index contributed by atoms with van der Waals surface area (Å²) in [6.07, 6.45) is 3.83. The lowest BCUT2D eigenvalue weighted by Crippen LogP contribution is -2.39. The van der Waals surface area contributed by atoms with E-state index in [9.17, 15) is 5.11 Å². The largest absolute Gasteiger partial charge is 0.387 e. The van der Waals surface area contributed by atoms with E-state index < -0.39 is 6.10 Å². The van der Waals surface area contributed by atoms with Gasteiger partial charge >= 0.3 is 0 Å². The summed E-state index contributed by atoms with van der Waals surface area (Å²) < 4.78 is 0. The van der Waals surface area contributed by atoms with Crippen LogP contribution >= 0.6 is 35.3 Å². The van der Waals surface area contributed by atoms with Crippen molar-refractivity contribution in [2.24, 2.45) is 10.9 Å². The van der Waals surface area contributed by atoms with Gasteiger partial charge in [-0.3, -0.25) is 9.98 Å². The highest BCUT2D eigenvalue weighted by Gasteiger charge is 2.09. The zero-order valence-electron chi connectivity index (χ0n) is 14.7. The average molecular weight is 474 g/mol. The first kappa shape index (κ1) is 21.9. The predicted octanol–water partition coefficient (Wildman–Crippen LogP) is 3.23. The summed E-state index contributed by atoms with van der Waals surface area (Å²) in [5.41, 5.74) is 0.847. The number of aliphatic hydroxyl groups is 1. The third-order valence-electron chi connectivity index (χ3n) is 3.59. The Morgan fingerprint density at radius 3 is 2.68 bits per heavy atom. The molecule has 0 fully saturated rings. The minimum Gasteiger partial charge on any atom is -0.387 e. The second-order valence-electron chi connectivity index (χ2n) is 5.79. The van der Waals surface area contributed by atoms with E-state index in [4.69, 9.17) is 0 Å². The number of guanidine groups is 1. The van der Waals surface area contributed by atoms with E-state index in [1.807, 2.05) is 19.1 Å². The smallest absolute Gasteiger partial charge is 0.191 e. The Hall–Kier alpha value is -1.19. The normalized spacial score (nSPS) is 13.6. The van der Waals surface area contributed by atoms with Crippen LogP contribution in [0, 0.1) is 5.92 Å². The monoisotopic (exact) mass is 474 g/mol. The Labute approximate surface area is 171 Å². The van der Waals surface area contributed by atoms with Gasteiger partial charge in [0.1, 0.15) is 0 Å². The van der Waals surface area contributed by atoms with Crippen LogP contribution in [0.3, 0.4) is 0 Å². The van der Waals surface area contributed by atoms with E-state index in [-0.39, 0.29) is 24.0 Å². The molecule has 138 valence electrons. The second-order valence-corrected chi connectivity index (χ2v) is 6.82. The van der Waals surface area contributed by atoms with Gasteiger partial charge in [0.05, 0.1) is 6.10 Å². The van der Waals surface area contributed by atoms with Gasteiger partial charge in [0.2, 0.25) is 0 Å². The minimum atomic E-state index is -0.583. The van der Waals surface area contributed by atoms with Crippen LogP contribution in [0.4, 0.5) is 0 Å². The first-order valence-corrected chi connectivity index (χ1v) is 9.19. The highest BCUT2D eigenvalue weighted by atomic mass is 127. The molecule has 0 aliphatic rings. The van der Waals surface area contributed by atoms with E-state index in [2.05, 4.69) is 45.0 Å². The molecule has 2 atom stereocenters. The average Bonchev–Trinajstić information content (AvgIpc) is 3.10. The first-order valence-electron chi connectivity index (χ1n) is 8.31. The zero-order chi connectivity index (χ0) is 17.2. The molecule has 2 unspecified atom stereocenters. The topological polar surface area (TPSA) is 69.5 Å². The molecular formula is C18H27IN4OS. The molecule has 0 aromatic carbocycles. The third-order valence-corrected chi connectivity index (χ3v) is 4.49. The summed E-state index contributed by atoms with van der Waals surface area (Å²) in [4.78, 5) is 9.99. The molecule has 0 aliphatic heterocycles. The number of rotatable bonds is 8. The number of thiophene rings is 1. The summed E-state index contributed by atoms with van der Waals surface area (Å²) >= 11 is 1.79. The molecule has 3 N–H and O–H groups in total. The Morgan fingerprint density at radius 1 is 1.28 bits per heavy atom. The lowest BCUT2D eigenvalue weighted by Gasteiger charge is -2.16. The van der Waals surface area contributed by atoms with Crippen molar-refractivity contribution in [1.82, 2.24) is 15.6 Å². The number of hydrogen-bond acceptors (Lipinski definition) is 4. The number of aromatic nitrogens is 1. The number of aliphatic imine (C=N–C) groups is 1. The molecule has 5 nitrogen and oxygen atoms in total. The van der Waals surface area contributed by atoms with E-state index in [0.717, 1.165) is 31.0 Å². The molecule has 0 bridgehead atoms. The lowest BCUT2D eigenvalue weighted by atomic mass is 10.1. The predicted molar refractivity (Wildman–Crippen MR) is 116 cm³/mol. The zero-order valence-corrected chi connectivity index (χ0v) is 17.8. The van der Waals surface area contributed by atoms with Gasteiger partial charge in [-0.2, -0.15) is 0 Å². The van der Waals surface area contributed by atoms with Crippen molar-refractivity contribution < 1.29 is 5.11 Å². The molecule has 0 saturated heterocycles. The molecule has 0 spiro atoms. The second kappa shape index (κ2) is 12.2. The fraction of sp³-hybridized carbons (Fsp3) is 0.444. The van der Waals surface area contributed by atoms with Crippen molar-refractivity contribution in [2.75, 3.05) is 19.6 Å². The summed E-state index contributed by atoms with van der Waals surface area (Å²) in [7, 11) is 0. The highest BCUT2D eigenvalue weighted by Crippen LogP contribution is 2.14. The van der Waals surface area contributed by atoms with Gasteiger partial charge in [0, 0.05) is 36.9 Å². The molecule has 2 rings (SSSR count). The summed E-state index contributed by atoms with van der Waals surface area (Å²) in [6, 6.07) is 7.89. The standard InChI is InChI=1S/C18H26N4OS.HI/c1-3-20-18(21-12-14(2)11-16-5-4-10-24-16)22-13-17(23)15-6-8-19-9-7-15;/h4-10,14,17,23H,3,11-13H2,1-2H3,(H2,20,21,22);1H. The van der Waals surface area contributed by atoms with Crippen molar-refractivity contribution in [3.05, 3.63) is 52.5 Å². The molecular weight excluding hydrogens is 447 g/mol. The Bertz CT molecular complexity index is 607. The summed E-state index contributed by atoms with van der Waals surface area (Å²) in [5, 5.41) is 18.7. The van der Waals surface area contributed by atoms with Crippen molar-refractivity contribution in [1.29, 1.82) is 0 Å². The summed E-state index contributed by atoms with van der Waals surface area (Å²) in [5.74, 6) is 1.22. The Balaban J connectivity index is 0.00000312. The molecule has 2 aromatic rings. The van der Waals surface area contributed by atoms with Crippen LogP contribution in [0.25, 0.3) is 0 Å². The molecule has 0 aliphatic carbocycles. The van der Waals surface area contributed by atoms with Gasteiger partial charge in [0.25, 0.3) is 0 Å². The molecule has 7 heteroatoms.